The molecule has 2 amide bonds. The van der Waals surface area contributed by atoms with E-state index in [0.717, 1.165) is 24.1 Å². The highest BCUT2D eigenvalue weighted by molar-refractivity contribution is 7.16. The number of piperidine rings is 1. The first-order valence-electron chi connectivity index (χ1n) is 10.2. The van der Waals surface area contributed by atoms with Gasteiger partial charge in [0.15, 0.2) is 0 Å². The summed E-state index contributed by atoms with van der Waals surface area (Å²) in [5.74, 6) is -0.961. The van der Waals surface area contributed by atoms with Crippen LogP contribution < -0.4 is 5.32 Å². The van der Waals surface area contributed by atoms with Crippen molar-refractivity contribution in [2.75, 3.05) is 25.0 Å². The Balaban J connectivity index is 2.09. The molecule has 1 fully saturated rings. The molecule has 0 spiro atoms. The van der Waals surface area contributed by atoms with Crippen molar-refractivity contribution in [2.45, 2.75) is 65.9 Å². The molecule has 1 saturated heterocycles. The maximum absolute atomic E-state index is 12.9. The molecule has 1 aromatic heterocycles. The number of carbonyl (C=O) groups is 3. The minimum absolute atomic E-state index is 0.186. The van der Waals surface area contributed by atoms with Gasteiger partial charge in [-0.2, -0.15) is 0 Å². The molecule has 1 aliphatic heterocycles. The van der Waals surface area contributed by atoms with Crippen molar-refractivity contribution >= 4 is 34.3 Å². The van der Waals surface area contributed by atoms with Gasteiger partial charge in [0, 0.05) is 18.0 Å². The van der Waals surface area contributed by atoms with Crippen molar-refractivity contribution in [1.82, 2.24) is 4.90 Å². The van der Waals surface area contributed by atoms with Gasteiger partial charge in [0.05, 0.1) is 18.1 Å². The summed E-state index contributed by atoms with van der Waals surface area (Å²) in [6.45, 7) is 10.4. The molecule has 1 N–H and O–H groups in total. The fourth-order valence-electron chi connectivity index (χ4n) is 3.16. The lowest BCUT2D eigenvalue weighted by Crippen LogP contribution is -2.45. The average molecular weight is 425 g/mol. The summed E-state index contributed by atoms with van der Waals surface area (Å²) in [5.41, 5.74) is -0.179. The van der Waals surface area contributed by atoms with E-state index in [1.807, 2.05) is 20.8 Å². The fraction of sp³-hybridized carbons (Fsp3) is 0.667. The standard InChI is InChI=1S/C21H32N2O5S/c1-6-9-15-12-16(19(25)27-7-2)18(29-15)22-17(24)14-10-8-11-23(13-14)20(26)28-21(3,4)5/h12,14H,6-11,13H2,1-5H3,(H,22,24). The number of likely N-dealkylation sites (tertiary alicyclic amines) is 1. The van der Waals surface area contributed by atoms with Gasteiger partial charge in [-0.25, -0.2) is 9.59 Å². The third kappa shape index (κ3) is 6.73. The molecule has 8 heteroatoms. The predicted molar refractivity (Wildman–Crippen MR) is 113 cm³/mol. The summed E-state index contributed by atoms with van der Waals surface area (Å²) in [6.07, 6.45) is 2.80. The van der Waals surface area contributed by atoms with Crippen molar-refractivity contribution in [3.8, 4) is 0 Å². The number of nitrogens with zero attached hydrogens (tertiary/aromatic N) is 1. The average Bonchev–Trinajstić information content (AvgIpc) is 3.03. The van der Waals surface area contributed by atoms with Crippen LogP contribution in [0.4, 0.5) is 9.80 Å². The molecule has 29 heavy (non-hydrogen) atoms. The van der Waals surface area contributed by atoms with E-state index in [2.05, 4.69) is 12.2 Å². The number of esters is 1. The van der Waals surface area contributed by atoms with Gasteiger partial charge < -0.3 is 19.7 Å². The second-order valence-corrected chi connectivity index (χ2v) is 9.32. The van der Waals surface area contributed by atoms with E-state index >= 15 is 0 Å². The second kappa shape index (κ2) is 10.1. The Morgan fingerprint density at radius 1 is 1.28 bits per heavy atom. The summed E-state index contributed by atoms with van der Waals surface area (Å²) < 4.78 is 10.6. The highest BCUT2D eigenvalue weighted by Crippen LogP contribution is 2.31. The summed E-state index contributed by atoms with van der Waals surface area (Å²) in [7, 11) is 0. The van der Waals surface area contributed by atoms with Crippen molar-refractivity contribution in [3.63, 3.8) is 0 Å². The Hall–Kier alpha value is -2.09. The highest BCUT2D eigenvalue weighted by atomic mass is 32.1. The first kappa shape index (κ1) is 23.2. The van der Waals surface area contributed by atoms with Gasteiger partial charge in [-0.3, -0.25) is 4.79 Å². The number of rotatable bonds is 6. The molecular weight excluding hydrogens is 392 g/mol. The Labute approximate surface area is 176 Å². The van der Waals surface area contributed by atoms with Crippen LogP contribution in [0.15, 0.2) is 6.07 Å². The smallest absolute Gasteiger partial charge is 0.410 e. The molecule has 0 aromatic carbocycles. The number of anilines is 1. The number of ether oxygens (including phenoxy) is 2. The molecular formula is C21H32N2O5S. The Kier molecular flexibility index (Phi) is 8.07. The van der Waals surface area contributed by atoms with Crippen LogP contribution in [0.25, 0.3) is 0 Å². The minimum Gasteiger partial charge on any atom is -0.462 e. The van der Waals surface area contributed by atoms with E-state index in [0.29, 0.717) is 30.1 Å². The van der Waals surface area contributed by atoms with Crippen molar-refractivity contribution in [1.29, 1.82) is 0 Å². The molecule has 0 saturated carbocycles. The van der Waals surface area contributed by atoms with Crippen LogP contribution in [0.3, 0.4) is 0 Å². The number of nitrogens with one attached hydrogen (secondary N) is 1. The zero-order valence-electron chi connectivity index (χ0n) is 18.0. The van der Waals surface area contributed by atoms with Crippen LogP contribution in [-0.2, 0) is 20.7 Å². The predicted octanol–water partition coefficient (Wildman–Crippen LogP) is 4.46. The van der Waals surface area contributed by atoms with Crippen LogP contribution in [0.5, 0.6) is 0 Å². The number of carbonyl (C=O) groups excluding carboxylic acids is 3. The molecule has 1 aromatic rings. The molecule has 0 bridgehead atoms. The van der Waals surface area contributed by atoms with Crippen LogP contribution >= 0.6 is 11.3 Å². The molecule has 2 rings (SSSR count). The first-order chi connectivity index (χ1) is 13.6. The zero-order valence-corrected chi connectivity index (χ0v) is 18.8. The Morgan fingerprint density at radius 3 is 2.62 bits per heavy atom. The molecule has 2 heterocycles. The van der Waals surface area contributed by atoms with Gasteiger partial charge in [-0.15, -0.1) is 11.3 Å². The van der Waals surface area contributed by atoms with E-state index in [9.17, 15) is 14.4 Å². The van der Waals surface area contributed by atoms with E-state index < -0.39 is 17.7 Å². The number of amides is 2. The fourth-order valence-corrected chi connectivity index (χ4v) is 4.31. The minimum atomic E-state index is -0.576. The molecule has 162 valence electrons. The molecule has 1 unspecified atom stereocenters. The summed E-state index contributed by atoms with van der Waals surface area (Å²) in [4.78, 5) is 40.1. The van der Waals surface area contributed by atoms with Crippen molar-refractivity contribution in [3.05, 3.63) is 16.5 Å². The third-order valence-electron chi connectivity index (χ3n) is 4.46. The maximum Gasteiger partial charge on any atom is 0.410 e. The van der Waals surface area contributed by atoms with Crippen LogP contribution in [0, 0.1) is 5.92 Å². The summed E-state index contributed by atoms with van der Waals surface area (Å²) >= 11 is 1.41. The Morgan fingerprint density at radius 2 is 2.00 bits per heavy atom. The second-order valence-electron chi connectivity index (χ2n) is 8.18. The summed E-state index contributed by atoms with van der Waals surface area (Å²) in [5, 5.41) is 3.43. The normalized spacial score (nSPS) is 17.0. The van der Waals surface area contributed by atoms with Gasteiger partial charge >= 0.3 is 12.1 Å². The lowest BCUT2D eigenvalue weighted by Gasteiger charge is -2.33. The number of thiophene rings is 1. The van der Waals surface area contributed by atoms with Gasteiger partial charge in [0.1, 0.15) is 10.6 Å². The number of aryl methyl sites for hydroxylation is 1. The molecule has 0 radical (unpaired) electrons. The van der Waals surface area contributed by atoms with Gasteiger partial charge in [0.2, 0.25) is 5.91 Å². The van der Waals surface area contributed by atoms with E-state index in [-0.39, 0.29) is 18.4 Å². The van der Waals surface area contributed by atoms with Gasteiger partial charge in [-0.1, -0.05) is 13.3 Å². The molecule has 0 aliphatic carbocycles. The first-order valence-corrected chi connectivity index (χ1v) is 11.0. The topological polar surface area (TPSA) is 84.9 Å². The van der Waals surface area contributed by atoms with Crippen molar-refractivity contribution < 1.29 is 23.9 Å². The highest BCUT2D eigenvalue weighted by Gasteiger charge is 2.32. The molecule has 1 aliphatic rings. The van der Waals surface area contributed by atoms with Crippen LogP contribution in [-0.4, -0.2) is 48.2 Å². The lowest BCUT2D eigenvalue weighted by atomic mass is 9.97. The molecule has 1 atom stereocenters. The Bertz CT molecular complexity index is 738. The zero-order chi connectivity index (χ0) is 21.6. The number of hydrogen-bond donors (Lipinski definition) is 1. The quantitative estimate of drug-likeness (QED) is 0.682. The van der Waals surface area contributed by atoms with E-state index in [1.54, 1.807) is 17.9 Å². The largest absolute Gasteiger partial charge is 0.462 e. The van der Waals surface area contributed by atoms with Crippen molar-refractivity contribution in [2.24, 2.45) is 5.92 Å². The van der Waals surface area contributed by atoms with Crippen LogP contribution in [0.1, 0.15) is 69.1 Å². The third-order valence-corrected chi connectivity index (χ3v) is 5.57. The maximum atomic E-state index is 12.9. The van der Waals surface area contributed by atoms with E-state index in [1.165, 1.54) is 11.3 Å². The number of hydrogen-bond acceptors (Lipinski definition) is 6. The molecule has 7 nitrogen and oxygen atoms in total. The monoisotopic (exact) mass is 424 g/mol. The van der Waals surface area contributed by atoms with Crippen LogP contribution in [0.2, 0.25) is 0 Å². The lowest BCUT2D eigenvalue weighted by molar-refractivity contribution is -0.121. The van der Waals surface area contributed by atoms with E-state index in [4.69, 9.17) is 9.47 Å². The van der Waals surface area contributed by atoms with Gasteiger partial charge in [-0.05, 0) is 53.0 Å². The SMILES string of the molecule is CCCc1cc(C(=O)OCC)c(NC(=O)C2CCCN(C(=O)OC(C)(C)C)C2)s1. The summed E-state index contributed by atoms with van der Waals surface area (Å²) in [6, 6.07) is 1.80. The van der Waals surface area contributed by atoms with Gasteiger partial charge in [0.25, 0.3) is 0 Å².